The molecular weight excluding hydrogens is 368 g/mol. The molecule has 3 aromatic rings. The van der Waals surface area contributed by atoms with E-state index in [2.05, 4.69) is 31.8 Å². The van der Waals surface area contributed by atoms with Crippen molar-refractivity contribution in [3.05, 3.63) is 47.4 Å². The molecule has 1 fully saturated rings. The highest BCUT2D eigenvalue weighted by molar-refractivity contribution is 5.76. The first-order valence-electron chi connectivity index (χ1n) is 10.2. The SMILES string of the molecule is Cc1ccccc1-c1noc(CCC(=O)N2Cc3nnc(C4CC4)n3[C@@H](C)C2)n1. The first-order chi connectivity index (χ1) is 14.1. The van der Waals surface area contributed by atoms with Crippen LogP contribution in [0.5, 0.6) is 0 Å². The average molecular weight is 392 g/mol. The first kappa shape index (κ1) is 18.0. The molecule has 1 aliphatic carbocycles. The molecule has 1 atom stereocenters. The summed E-state index contributed by atoms with van der Waals surface area (Å²) in [6.07, 6.45) is 3.17. The second kappa shape index (κ2) is 7.09. The summed E-state index contributed by atoms with van der Waals surface area (Å²) in [4.78, 5) is 19.1. The zero-order valence-electron chi connectivity index (χ0n) is 16.7. The van der Waals surface area contributed by atoms with Crippen molar-refractivity contribution < 1.29 is 9.32 Å². The molecule has 8 heteroatoms. The maximum Gasteiger partial charge on any atom is 0.227 e. The molecule has 29 heavy (non-hydrogen) atoms. The Bertz CT molecular complexity index is 1050. The highest BCUT2D eigenvalue weighted by Crippen LogP contribution is 2.41. The van der Waals surface area contributed by atoms with Crippen LogP contribution in [0.25, 0.3) is 11.4 Å². The van der Waals surface area contributed by atoms with Gasteiger partial charge >= 0.3 is 0 Å². The molecule has 2 aromatic heterocycles. The van der Waals surface area contributed by atoms with Crippen LogP contribution in [0.4, 0.5) is 0 Å². The van der Waals surface area contributed by atoms with Gasteiger partial charge in [-0.25, -0.2) is 0 Å². The van der Waals surface area contributed by atoms with Crippen molar-refractivity contribution in [2.75, 3.05) is 6.54 Å². The summed E-state index contributed by atoms with van der Waals surface area (Å²) in [6.45, 7) is 5.34. The van der Waals surface area contributed by atoms with Crippen molar-refractivity contribution in [1.82, 2.24) is 29.8 Å². The predicted octanol–water partition coefficient (Wildman–Crippen LogP) is 3.05. The van der Waals surface area contributed by atoms with Crippen LogP contribution in [0.2, 0.25) is 0 Å². The summed E-state index contributed by atoms with van der Waals surface area (Å²) >= 11 is 0. The van der Waals surface area contributed by atoms with Gasteiger partial charge in [0.05, 0.1) is 12.6 Å². The average Bonchev–Trinajstić information content (AvgIpc) is 3.29. The highest BCUT2D eigenvalue weighted by Gasteiger charge is 2.35. The van der Waals surface area contributed by atoms with Crippen LogP contribution < -0.4 is 0 Å². The number of rotatable bonds is 5. The summed E-state index contributed by atoms with van der Waals surface area (Å²) in [5, 5.41) is 12.8. The lowest BCUT2D eigenvalue weighted by Gasteiger charge is -2.32. The number of benzene rings is 1. The number of aromatic nitrogens is 5. The molecule has 2 aliphatic rings. The summed E-state index contributed by atoms with van der Waals surface area (Å²) in [6, 6.07) is 8.11. The van der Waals surface area contributed by atoms with Crippen molar-refractivity contribution in [2.45, 2.75) is 58.0 Å². The first-order valence-corrected chi connectivity index (χ1v) is 10.2. The molecular formula is C21H24N6O2. The molecule has 0 N–H and O–H groups in total. The molecule has 1 saturated carbocycles. The van der Waals surface area contributed by atoms with Crippen LogP contribution in [0, 0.1) is 6.92 Å². The third-order valence-corrected chi connectivity index (χ3v) is 5.75. The molecule has 8 nitrogen and oxygen atoms in total. The largest absolute Gasteiger partial charge is 0.339 e. The van der Waals surface area contributed by atoms with E-state index >= 15 is 0 Å². The van der Waals surface area contributed by atoms with Crippen LogP contribution in [-0.4, -0.2) is 42.3 Å². The molecule has 150 valence electrons. The van der Waals surface area contributed by atoms with E-state index in [1.165, 1.54) is 12.8 Å². The molecule has 0 spiro atoms. The number of amides is 1. The summed E-state index contributed by atoms with van der Waals surface area (Å²) in [7, 11) is 0. The third kappa shape index (κ3) is 3.43. The zero-order chi connectivity index (χ0) is 20.0. The maximum absolute atomic E-state index is 12.8. The molecule has 0 radical (unpaired) electrons. The maximum atomic E-state index is 12.8. The minimum absolute atomic E-state index is 0.0784. The fraction of sp³-hybridized carbons (Fsp3) is 0.476. The van der Waals surface area contributed by atoms with Crippen LogP contribution in [0.3, 0.4) is 0 Å². The number of hydrogen-bond donors (Lipinski definition) is 0. The van der Waals surface area contributed by atoms with Gasteiger partial charge in [0.15, 0.2) is 5.82 Å². The number of hydrogen-bond acceptors (Lipinski definition) is 6. The van der Waals surface area contributed by atoms with E-state index in [0.29, 0.717) is 43.6 Å². The minimum atomic E-state index is 0.0784. The summed E-state index contributed by atoms with van der Waals surface area (Å²) in [5.74, 6) is 3.67. The molecule has 3 heterocycles. The van der Waals surface area contributed by atoms with Crippen molar-refractivity contribution >= 4 is 5.91 Å². The van der Waals surface area contributed by atoms with Crippen LogP contribution in [0.15, 0.2) is 28.8 Å². The van der Waals surface area contributed by atoms with Gasteiger partial charge in [0.25, 0.3) is 0 Å². The monoisotopic (exact) mass is 392 g/mol. The van der Waals surface area contributed by atoms with E-state index in [9.17, 15) is 4.79 Å². The third-order valence-electron chi connectivity index (χ3n) is 5.75. The van der Waals surface area contributed by atoms with Crippen LogP contribution in [-0.2, 0) is 17.8 Å². The highest BCUT2D eigenvalue weighted by atomic mass is 16.5. The molecule has 0 saturated heterocycles. The number of carbonyl (C=O) groups excluding carboxylic acids is 1. The Hall–Kier alpha value is -3.03. The Kier molecular flexibility index (Phi) is 4.41. The molecule has 5 rings (SSSR count). The Balaban J connectivity index is 1.23. The standard InChI is InChI=1S/C21H24N6O2/c1-13-5-3-4-6-16(13)20-22-18(29-25-20)9-10-19(28)26-11-14(2)27-17(12-26)23-24-21(27)15-7-8-15/h3-6,14-15H,7-12H2,1-2H3/t14-/m0/s1. The molecule has 0 unspecified atom stereocenters. The van der Waals surface area contributed by atoms with Gasteiger partial charge in [0.1, 0.15) is 5.82 Å². The summed E-state index contributed by atoms with van der Waals surface area (Å²) < 4.78 is 7.60. The minimum Gasteiger partial charge on any atom is -0.339 e. The topological polar surface area (TPSA) is 89.9 Å². The lowest BCUT2D eigenvalue weighted by atomic mass is 10.1. The fourth-order valence-electron chi connectivity index (χ4n) is 4.03. The molecule has 1 amide bonds. The number of carbonyl (C=O) groups is 1. The number of nitrogens with zero attached hydrogens (tertiary/aromatic N) is 6. The van der Waals surface area contributed by atoms with Crippen molar-refractivity contribution in [1.29, 1.82) is 0 Å². The number of fused-ring (bicyclic) bond motifs is 1. The molecule has 1 aromatic carbocycles. The van der Waals surface area contributed by atoms with E-state index < -0.39 is 0 Å². The van der Waals surface area contributed by atoms with Crippen molar-refractivity contribution in [2.24, 2.45) is 0 Å². The van der Waals surface area contributed by atoms with Gasteiger partial charge in [-0.05, 0) is 32.3 Å². The van der Waals surface area contributed by atoms with Gasteiger partial charge in [-0.2, -0.15) is 4.98 Å². The second-order valence-corrected chi connectivity index (χ2v) is 8.07. The zero-order valence-corrected chi connectivity index (χ0v) is 16.7. The Morgan fingerprint density at radius 2 is 2.07 bits per heavy atom. The van der Waals surface area contributed by atoms with E-state index in [1.807, 2.05) is 36.1 Å². The van der Waals surface area contributed by atoms with E-state index in [0.717, 1.165) is 22.8 Å². The van der Waals surface area contributed by atoms with Gasteiger partial charge in [0, 0.05) is 30.9 Å². The Labute approximate surface area is 168 Å². The fourth-order valence-corrected chi connectivity index (χ4v) is 4.03. The van der Waals surface area contributed by atoms with E-state index in [4.69, 9.17) is 4.52 Å². The summed E-state index contributed by atoms with van der Waals surface area (Å²) in [5.41, 5.74) is 2.04. The number of aryl methyl sites for hydroxylation is 2. The Morgan fingerprint density at radius 1 is 1.24 bits per heavy atom. The quantitative estimate of drug-likeness (QED) is 0.663. The van der Waals surface area contributed by atoms with Crippen molar-refractivity contribution in [3.8, 4) is 11.4 Å². The van der Waals surface area contributed by atoms with Gasteiger partial charge in [-0.1, -0.05) is 29.4 Å². The Morgan fingerprint density at radius 3 is 2.86 bits per heavy atom. The van der Waals surface area contributed by atoms with Crippen molar-refractivity contribution in [3.63, 3.8) is 0 Å². The second-order valence-electron chi connectivity index (χ2n) is 8.07. The van der Waals surface area contributed by atoms with Crippen LogP contribution >= 0.6 is 0 Å². The van der Waals surface area contributed by atoms with Gasteiger partial charge in [-0.15, -0.1) is 10.2 Å². The smallest absolute Gasteiger partial charge is 0.227 e. The lowest BCUT2D eigenvalue weighted by Crippen LogP contribution is -2.40. The predicted molar refractivity (Wildman–Crippen MR) is 105 cm³/mol. The molecule has 1 aliphatic heterocycles. The van der Waals surface area contributed by atoms with Gasteiger partial charge in [-0.3, -0.25) is 4.79 Å². The normalized spacial score (nSPS) is 18.7. The van der Waals surface area contributed by atoms with Gasteiger partial charge < -0.3 is 14.0 Å². The molecule has 0 bridgehead atoms. The van der Waals surface area contributed by atoms with Gasteiger partial charge in [0.2, 0.25) is 17.6 Å². The van der Waals surface area contributed by atoms with E-state index in [1.54, 1.807) is 0 Å². The lowest BCUT2D eigenvalue weighted by molar-refractivity contribution is -0.133. The van der Waals surface area contributed by atoms with Crippen LogP contribution in [0.1, 0.15) is 61.2 Å². The van der Waals surface area contributed by atoms with E-state index in [-0.39, 0.29) is 11.9 Å².